The highest BCUT2D eigenvalue weighted by molar-refractivity contribution is 6.19. The number of halogens is 1. The summed E-state index contributed by atoms with van der Waals surface area (Å²) in [7, 11) is 0. The van der Waals surface area contributed by atoms with Crippen molar-refractivity contribution in [1.29, 1.82) is 0 Å². The lowest BCUT2D eigenvalue weighted by molar-refractivity contribution is -0.137. The van der Waals surface area contributed by atoms with Crippen LogP contribution in [0.5, 0.6) is 5.75 Å². The predicted octanol–water partition coefficient (Wildman–Crippen LogP) is 5.35. The quantitative estimate of drug-likeness (QED) is 0.0154. The fraction of sp³-hybridized carbons (Fsp3) is 0.298. The Hall–Kier alpha value is -7.28. The third-order valence-corrected chi connectivity index (χ3v) is 11.9. The number of alkyl halides is 1. The number of nitrogens with zero attached hydrogens (tertiary/aromatic N) is 2. The summed E-state index contributed by atoms with van der Waals surface area (Å²) in [5.74, 6) is -1.49. The summed E-state index contributed by atoms with van der Waals surface area (Å²) in [6.45, 7) is 1.45. The number of nitrogens with two attached hydrogens (primary N) is 1. The normalized spacial score (nSPS) is 14.7. The maximum Gasteiger partial charge on any atom is 0.312 e. The number of nitrogens with one attached hydrogen (secondary N) is 6. The largest absolute Gasteiger partial charge is 0.355 e. The van der Waals surface area contributed by atoms with Gasteiger partial charge in [0.1, 0.15) is 5.69 Å². The third-order valence-electron chi connectivity index (χ3n) is 11.5. The van der Waals surface area contributed by atoms with Gasteiger partial charge >= 0.3 is 6.03 Å². The molecule has 0 saturated heterocycles. The molecule has 0 aliphatic carbocycles. The summed E-state index contributed by atoms with van der Waals surface area (Å²) in [6, 6.07) is 21.1. The minimum Gasteiger partial charge on any atom is -0.355 e. The predicted molar refractivity (Wildman–Crippen MR) is 250 cm³/mol. The molecule has 0 saturated carbocycles. The van der Waals surface area contributed by atoms with Crippen molar-refractivity contribution >= 4 is 91.8 Å². The van der Waals surface area contributed by atoms with E-state index in [1.54, 1.807) is 59.5 Å². The van der Waals surface area contributed by atoms with Gasteiger partial charge in [-0.1, -0.05) is 30.7 Å². The van der Waals surface area contributed by atoms with Crippen LogP contribution >= 0.6 is 11.6 Å². The van der Waals surface area contributed by atoms with Gasteiger partial charge in [0.2, 0.25) is 11.8 Å². The number of urea groups is 1. The second kappa shape index (κ2) is 21.6. The second-order valence-electron chi connectivity index (χ2n) is 16.0. The van der Waals surface area contributed by atoms with E-state index in [2.05, 4.69) is 31.6 Å². The highest BCUT2D eigenvalue weighted by atomic mass is 35.5. The van der Waals surface area contributed by atoms with E-state index in [1.807, 2.05) is 24.3 Å². The monoisotopic (exact) mass is 919 g/mol. The molecule has 2 aliphatic heterocycles. The molecule has 8 amide bonds. The fourth-order valence-corrected chi connectivity index (χ4v) is 8.43. The van der Waals surface area contributed by atoms with Crippen molar-refractivity contribution in [2.24, 2.45) is 5.73 Å². The Kier molecular flexibility index (Phi) is 15.3. The van der Waals surface area contributed by atoms with E-state index in [4.69, 9.17) is 22.2 Å². The number of aromatic amines is 1. The minimum absolute atomic E-state index is 0.141. The number of aromatic nitrogens is 1. The average Bonchev–Trinajstić information content (AvgIpc) is 4.01. The molecule has 19 heteroatoms. The topological polar surface area (TPSA) is 257 Å². The summed E-state index contributed by atoms with van der Waals surface area (Å²) in [6.07, 6.45) is 5.41. The summed E-state index contributed by atoms with van der Waals surface area (Å²) < 4.78 is 0. The van der Waals surface area contributed by atoms with Gasteiger partial charge in [-0.2, -0.15) is 0 Å². The molecule has 1 aromatic heterocycles. The van der Waals surface area contributed by atoms with Gasteiger partial charge in [0, 0.05) is 102 Å². The van der Waals surface area contributed by atoms with Gasteiger partial charge in [-0.15, -0.1) is 11.6 Å². The molecule has 66 heavy (non-hydrogen) atoms. The van der Waals surface area contributed by atoms with Crippen LogP contribution < -0.4 is 42.1 Å². The number of carbonyl (C=O) groups is 7. The van der Waals surface area contributed by atoms with E-state index in [0.29, 0.717) is 89.8 Å². The Morgan fingerprint density at radius 1 is 0.833 bits per heavy atom. The van der Waals surface area contributed by atoms with Crippen molar-refractivity contribution < 1.29 is 43.7 Å². The molecule has 5 aromatic rings. The first-order valence-electron chi connectivity index (χ1n) is 21.6. The third kappa shape index (κ3) is 11.1. The van der Waals surface area contributed by atoms with Crippen LogP contribution in [-0.4, -0.2) is 101 Å². The standard InChI is InChI=1S/C47H50ClN9O9/c48-26-30-27-57(38-25-39(66-65)33-7-3-4-8-34(33)43(30)38)46(63)37-24-29-23-32(15-16-35(29)55-37)54-44(61)28-11-13-31(14-12-28)53-45(62)36(9-6-19-52-47(49)64)50-20-21-51-40(58)10-2-1-5-22-56-41(59)17-18-42(56)60/h3-4,7-8,11-18,23-25,30,36,50,55,65H,1-2,5-6,9-10,19-22,26-27H2,(H,51,58)(H,53,62)(H,54,61)(H3,49,52,64)/t30-,36+/m1/s1. The zero-order chi connectivity index (χ0) is 46.7. The van der Waals surface area contributed by atoms with E-state index in [-0.39, 0.29) is 73.1 Å². The average molecular weight is 920 g/mol. The van der Waals surface area contributed by atoms with Crippen LogP contribution in [0.1, 0.15) is 70.9 Å². The van der Waals surface area contributed by atoms with Crippen LogP contribution in [0.25, 0.3) is 21.7 Å². The highest BCUT2D eigenvalue weighted by Crippen LogP contribution is 2.46. The number of amides is 8. The van der Waals surface area contributed by atoms with E-state index in [0.717, 1.165) is 10.9 Å². The lowest BCUT2D eigenvalue weighted by Gasteiger charge is -2.19. The summed E-state index contributed by atoms with van der Waals surface area (Å²) in [4.78, 5) is 98.3. The molecule has 3 heterocycles. The van der Waals surface area contributed by atoms with E-state index in [1.165, 1.54) is 17.1 Å². The lowest BCUT2D eigenvalue weighted by atomic mass is 9.95. The van der Waals surface area contributed by atoms with Crippen molar-refractivity contribution in [3.05, 3.63) is 108 Å². The number of unbranched alkanes of at least 4 members (excludes halogenated alkanes) is 2. The van der Waals surface area contributed by atoms with Gasteiger partial charge in [0.05, 0.1) is 11.7 Å². The van der Waals surface area contributed by atoms with Gasteiger partial charge in [0.25, 0.3) is 23.6 Å². The van der Waals surface area contributed by atoms with Gasteiger partial charge in [-0.05, 0) is 85.2 Å². The SMILES string of the molecule is NC(=O)NCCC[C@H](NCCNC(=O)CCCCCN1C(=O)C=CC1=O)C(=O)Nc1ccc(C(=O)Nc2ccc3[nH]c(C(=O)N4C[C@@H](CCl)c5c4cc(OO)c4ccccc54)cc3c2)cc1. The Bertz CT molecular complexity index is 2670. The number of hydrogen-bond donors (Lipinski definition) is 8. The smallest absolute Gasteiger partial charge is 0.312 e. The molecule has 0 radical (unpaired) electrons. The summed E-state index contributed by atoms with van der Waals surface area (Å²) >= 11 is 6.40. The number of anilines is 3. The molecule has 9 N–H and O–H groups in total. The Morgan fingerprint density at radius 3 is 2.30 bits per heavy atom. The van der Waals surface area contributed by atoms with E-state index >= 15 is 0 Å². The number of carbonyl (C=O) groups excluding carboxylic acids is 7. The number of H-pyrrole nitrogens is 1. The fourth-order valence-electron chi connectivity index (χ4n) is 8.18. The first kappa shape index (κ1) is 46.7. The van der Waals surface area contributed by atoms with Gasteiger partial charge in [0.15, 0.2) is 5.75 Å². The van der Waals surface area contributed by atoms with Crippen LogP contribution in [-0.2, 0) is 19.2 Å². The maximum atomic E-state index is 14.0. The van der Waals surface area contributed by atoms with Crippen LogP contribution in [0.4, 0.5) is 21.9 Å². The minimum atomic E-state index is -0.688. The van der Waals surface area contributed by atoms with Crippen LogP contribution in [0.2, 0.25) is 0 Å². The van der Waals surface area contributed by atoms with Crippen LogP contribution in [0.15, 0.2) is 91.0 Å². The molecule has 4 aromatic carbocycles. The van der Waals surface area contributed by atoms with Gasteiger partial charge < -0.3 is 47.1 Å². The maximum absolute atomic E-state index is 14.0. The number of hydrogen-bond acceptors (Lipinski definition) is 10. The number of rotatable bonds is 21. The second-order valence-corrected chi connectivity index (χ2v) is 16.3. The molecule has 2 atom stereocenters. The van der Waals surface area contributed by atoms with Crippen LogP contribution in [0.3, 0.4) is 0 Å². The molecule has 7 rings (SSSR count). The number of imide groups is 1. The Balaban J connectivity index is 0.906. The number of benzene rings is 4. The molecule has 0 unspecified atom stereocenters. The number of fused-ring (bicyclic) bond motifs is 4. The lowest BCUT2D eigenvalue weighted by Crippen LogP contribution is -2.44. The molecule has 0 fully saturated rings. The highest BCUT2D eigenvalue weighted by Gasteiger charge is 2.36. The summed E-state index contributed by atoms with van der Waals surface area (Å²) in [5.41, 5.74) is 8.96. The molecule has 18 nitrogen and oxygen atoms in total. The summed E-state index contributed by atoms with van der Waals surface area (Å²) in [5, 5.41) is 26.1. The van der Waals surface area contributed by atoms with Crippen molar-refractivity contribution in [3.63, 3.8) is 0 Å². The first-order valence-corrected chi connectivity index (χ1v) is 22.1. The van der Waals surface area contributed by atoms with Crippen molar-refractivity contribution in [2.75, 3.05) is 54.1 Å². The molecular weight excluding hydrogens is 870 g/mol. The van der Waals surface area contributed by atoms with Crippen molar-refractivity contribution in [2.45, 2.75) is 50.5 Å². The molecule has 0 spiro atoms. The molecule has 344 valence electrons. The number of primary amides is 1. The molecule has 0 bridgehead atoms. The Morgan fingerprint density at radius 2 is 1.58 bits per heavy atom. The van der Waals surface area contributed by atoms with Crippen molar-refractivity contribution in [1.82, 2.24) is 25.8 Å². The molecular formula is C47H50ClN9O9. The molecule has 2 aliphatic rings. The van der Waals surface area contributed by atoms with Gasteiger partial charge in [-0.25, -0.2) is 10.1 Å². The zero-order valence-electron chi connectivity index (χ0n) is 35.9. The first-order chi connectivity index (χ1) is 31.9. The van der Waals surface area contributed by atoms with Crippen LogP contribution in [0, 0.1) is 0 Å². The zero-order valence-corrected chi connectivity index (χ0v) is 36.6. The van der Waals surface area contributed by atoms with Gasteiger partial charge in [-0.3, -0.25) is 33.7 Å². The van der Waals surface area contributed by atoms with E-state index in [9.17, 15) is 38.8 Å². The Labute approximate surface area is 384 Å². The van der Waals surface area contributed by atoms with E-state index < -0.39 is 18.0 Å². The van der Waals surface area contributed by atoms with Crippen molar-refractivity contribution in [3.8, 4) is 5.75 Å².